The van der Waals surface area contributed by atoms with Crippen LogP contribution < -0.4 is 5.32 Å². The number of carbonyl (C=O) groups is 4. The first-order valence-electron chi connectivity index (χ1n) is 10.3. The Morgan fingerprint density at radius 2 is 1.73 bits per heavy atom. The topological polar surface area (TPSA) is 104 Å². The maximum atomic E-state index is 12.8. The summed E-state index contributed by atoms with van der Waals surface area (Å²) in [5.41, 5.74) is 2.03. The van der Waals surface area contributed by atoms with Gasteiger partial charge in [0.05, 0.1) is 12.2 Å². The van der Waals surface area contributed by atoms with E-state index in [4.69, 9.17) is 0 Å². The van der Waals surface area contributed by atoms with Crippen LogP contribution >= 0.6 is 23.5 Å². The zero-order chi connectivity index (χ0) is 23.4. The van der Waals surface area contributed by atoms with Crippen molar-refractivity contribution in [3.8, 4) is 0 Å². The van der Waals surface area contributed by atoms with E-state index in [2.05, 4.69) is 5.32 Å². The number of benzene rings is 2. The van der Waals surface area contributed by atoms with Gasteiger partial charge in [-0.25, -0.2) is 4.79 Å². The minimum absolute atomic E-state index is 0.0272. The predicted molar refractivity (Wildman–Crippen MR) is 128 cm³/mol. The summed E-state index contributed by atoms with van der Waals surface area (Å²) < 4.78 is 0. The summed E-state index contributed by atoms with van der Waals surface area (Å²) in [6.45, 7) is 0. The Kier molecular flexibility index (Phi) is 7.20. The summed E-state index contributed by atoms with van der Waals surface area (Å²) in [6, 6.07) is 17.4. The summed E-state index contributed by atoms with van der Waals surface area (Å²) >= 11 is 2.76. The van der Waals surface area contributed by atoms with Gasteiger partial charge in [0.2, 0.25) is 5.91 Å². The van der Waals surface area contributed by atoms with Crippen LogP contribution in [0.1, 0.15) is 15.9 Å². The lowest BCUT2D eigenvalue weighted by molar-refractivity contribution is -0.150. The van der Waals surface area contributed by atoms with Gasteiger partial charge in [-0.1, -0.05) is 60.7 Å². The largest absolute Gasteiger partial charge is 0.477 e. The van der Waals surface area contributed by atoms with Crippen molar-refractivity contribution < 1.29 is 24.3 Å². The van der Waals surface area contributed by atoms with Crippen LogP contribution in [0.25, 0.3) is 0 Å². The van der Waals surface area contributed by atoms with Gasteiger partial charge in [-0.15, -0.1) is 23.5 Å². The van der Waals surface area contributed by atoms with Crippen molar-refractivity contribution in [1.82, 2.24) is 10.2 Å². The highest BCUT2D eigenvalue weighted by Gasteiger charge is 2.54. The number of amides is 2. The molecular formula is C24H22N2O5S2. The van der Waals surface area contributed by atoms with Crippen LogP contribution in [0.2, 0.25) is 0 Å². The van der Waals surface area contributed by atoms with Crippen molar-refractivity contribution in [2.45, 2.75) is 17.8 Å². The molecule has 7 nitrogen and oxygen atoms in total. The van der Waals surface area contributed by atoms with Gasteiger partial charge in [0.15, 0.2) is 5.78 Å². The first kappa shape index (κ1) is 23.1. The molecule has 0 bridgehead atoms. The number of carboxylic acids is 1. The number of nitrogens with one attached hydrogen (secondary N) is 1. The van der Waals surface area contributed by atoms with Crippen LogP contribution in [0.15, 0.2) is 71.9 Å². The highest BCUT2D eigenvalue weighted by molar-refractivity contribution is 8.01. The second-order valence-corrected chi connectivity index (χ2v) is 9.75. The highest BCUT2D eigenvalue weighted by atomic mass is 32.2. The Labute approximate surface area is 199 Å². The van der Waals surface area contributed by atoms with E-state index in [-0.39, 0.29) is 29.6 Å². The molecule has 0 spiro atoms. The lowest BCUT2D eigenvalue weighted by Crippen LogP contribution is -2.70. The second kappa shape index (κ2) is 10.3. The molecule has 0 aliphatic carbocycles. The smallest absolute Gasteiger partial charge is 0.352 e. The lowest BCUT2D eigenvalue weighted by Gasteiger charge is -2.49. The summed E-state index contributed by atoms with van der Waals surface area (Å²) in [4.78, 5) is 50.7. The SMILES string of the molecule is O=C(Cc1ccccc1)N[C@@H]1C(=O)N2C(C(=O)O)=C(CSCC(=O)c3ccccc3)CS[C@H]12. The number of carboxylic acid groups (broad SMARTS) is 1. The predicted octanol–water partition coefficient (Wildman–Crippen LogP) is 2.58. The molecule has 2 amide bonds. The van der Waals surface area contributed by atoms with Crippen molar-refractivity contribution in [1.29, 1.82) is 0 Å². The number of thioether (sulfide) groups is 2. The number of ketones is 1. The summed E-state index contributed by atoms with van der Waals surface area (Å²) in [5.74, 6) is -0.910. The first-order chi connectivity index (χ1) is 16.0. The second-order valence-electron chi connectivity index (χ2n) is 7.66. The molecule has 2 aliphatic heterocycles. The molecule has 170 valence electrons. The molecule has 0 aromatic heterocycles. The van der Waals surface area contributed by atoms with Gasteiger partial charge in [0, 0.05) is 17.1 Å². The fraction of sp³-hybridized carbons (Fsp3) is 0.250. The molecule has 2 aliphatic rings. The first-order valence-corrected chi connectivity index (χ1v) is 12.6. The van der Waals surface area contributed by atoms with E-state index in [0.29, 0.717) is 22.6 Å². The molecule has 1 fully saturated rings. The van der Waals surface area contributed by atoms with Crippen LogP contribution in [0.5, 0.6) is 0 Å². The summed E-state index contributed by atoms with van der Waals surface area (Å²) in [7, 11) is 0. The standard InChI is InChI=1S/C24H22N2O5S2/c27-18(16-9-5-2-6-10-16)14-32-12-17-13-33-23-20(22(29)26(23)21(17)24(30)31)25-19(28)11-15-7-3-1-4-8-15/h1-10,20,23H,11-14H2,(H,25,28)(H,30,31)/t20-,23-/m1/s1. The summed E-state index contributed by atoms with van der Waals surface area (Å²) in [5, 5.41) is 12.1. The molecule has 33 heavy (non-hydrogen) atoms. The van der Waals surface area contributed by atoms with Gasteiger partial charge >= 0.3 is 5.97 Å². The average molecular weight is 483 g/mol. The van der Waals surface area contributed by atoms with Crippen LogP contribution in [0.4, 0.5) is 0 Å². The van der Waals surface area contributed by atoms with Crippen molar-refractivity contribution in [2.75, 3.05) is 17.3 Å². The zero-order valence-corrected chi connectivity index (χ0v) is 19.2. The number of Topliss-reactive ketones (excluding diaryl/α,β-unsaturated/α-hetero) is 1. The minimum Gasteiger partial charge on any atom is -0.477 e. The third-order valence-electron chi connectivity index (χ3n) is 5.38. The van der Waals surface area contributed by atoms with Crippen LogP contribution in [0.3, 0.4) is 0 Å². The lowest BCUT2D eigenvalue weighted by atomic mass is 10.0. The van der Waals surface area contributed by atoms with E-state index in [1.165, 1.54) is 28.4 Å². The third kappa shape index (κ3) is 5.15. The van der Waals surface area contributed by atoms with E-state index < -0.39 is 23.3 Å². The number of rotatable bonds is 9. The zero-order valence-electron chi connectivity index (χ0n) is 17.6. The van der Waals surface area contributed by atoms with Gasteiger partial charge in [-0.3, -0.25) is 19.3 Å². The molecule has 2 aromatic rings. The maximum Gasteiger partial charge on any atom is 0.352 e. The Hall–Kier alpha value is -3.04. The van der Waals surface area contributed by atoms with Crippen molar-refractivity contribution in [3.63, 3.8) is 0 Å². The molecule has 2 atom stereocenters. The van der Waals surface area contributed by atoms with Gasteiger partial charge in [-0.2, -0.15) is 0 Å². The molecule has 2 aromatic carbocycles. The molecular weight excluding hydrogens is 460 g/mol. The summed E-state index contributed by atoms with van der Waals surface area (Å²) in [6.07, 6.45) is 0.154. The van der Waals surface area contributed by atoms with E-state index >= 15 is 0 Å². The average Bonchev–Trinajstić information content (AvgIpc) is 2.83. The Morgan fingerprint density at radius 1 is 1.06 bits per heavy atom. The van der Waals surface area contributed by atoms with Crippen LogP contribution in [0, 0.1) is 0 Å². The Morgan fingerprint density at radius 3 is 2.39 bits per heavy atom. The molecule has 2 N–H and O–H groups in total. The molecule has 9 heteroatoms. The quantitative estimate of drug-likeness (QED) is 0.418. The minimum atomic E-state index is -1.17. The van der Waals surface area contributed by atoms with Gasteiger partial charge in [0.1, 0.15) is 17.1 Å². The van der Waals surface area contributed by atoms with Crippen molar-refractivity contribution in [3.05, 3.63) is 83.1 Å². The number of β-lactam (4-membered cyclic amide) rings is 1. The number of hydrogen-bond donors (Lipinski definition) is 2. The van der Waals surface area contributed by atoms with E-state index in [1.807, 2.05) is 36.4 Å². The third-order valence-corrected chi connectivity index (χ3v) is 7.74. The van der Waals surface area contributed by atoms with Crippen LogP contribution in [-0.2, 0) is 20.8 Å². The fourth-order valence-electron chi connectivity index (χ4n) is 3.77. The number of fused-ring (bicyclic) bond motifs is 1. The highest BCUT2D eigenvalue weighted by Crippen LogP contribution is 2.41. The van der Waals surface area contributed by atoms with Crippen molar-refractivity contribution >= 4 is 47.1 Å². The van der Waals surface area contributed by atoms with E-state index in [0.717, 1.165) is 5.56 Å². The number of nitrogens with zero attached hydrogens (tertiary/aromatic N) is 1. The van der Waals surface area contributed by atoms with Crippen molar-refractivity contribution in [2.24, 2.45) is 0 Å². The van der Waals surface area contributed by atoms with E-state index in [9.17, 15) is 24.3 Å². The molecule has 0 saturated carbocycles. The Balaban J connectivity index is 1.37. The fourth-order valence-corrected chi connectivity index (χ4v) is 6.19. The number of aliphatic carboxylic acids is 1. The normalized spacial score (nSPS) is 19.5. The molecule has 1 saturated heterocycles. The van der Waals surface area contributed by atoms with E-state index in [1.54, 1.807) is 24.3 Å². The Bertz CT molecular complexity index is 1100. The van der Waals surface area contributed by atoms with Gasteiger partial charge in [-0.05, 0) is 11.1 Å². The van der Waals surface area contributed by atoms with Crippen LogP contribution in [-0.4, -0.2) is 62.2 Å². The van der Waals surface area contributed by atoms with Gasteiger partial charge in [0.25, 0.3) is 5.91 Å². The molecule has 4 rings (SSSR count). The monoisotopic (exact) mass is 482 g/mol. The molecule has 0 unspecified atom stereocenters. The molecule has 0 radical (unpaired) electrons. The van der Waals surface area contributed by atoms with Gasteiger partial charge < -0.3 is 10.4 Å². The maximum absolute atomic E-state index is 12.8. The number of hydrogen-bond acceptors (Lipinski definition) is 6. The number of carbonyl (C=O) groups excluding carboxylic acids is 3. The molecule has 2 heterocycles.